The van der Waals surface area contributed by atoms with Crippen molar-refractivity contribution in [3.63, 3.8) is 0 Å². The molecule has 1 heterocycles. The SMILES string of the molecule is C[C@@H](C(=O)O)C1CCOC1. The summed E-state index contributed by atoms with van der Waals surface area (Å²) in [5.74, 6) is -0.726. The number of hydrogen-bond acceptors (Lipinski definition) is 2. The van der Waals surface area contributed by atoms with Crippen LogP contribution < -0.4 is 0 Å². The Bertz CT molecular complexity index is 127. The number of aliphatic carboxylic acids is 1. The van der Waals surface area contributed by atoms with Crippen molar-refractivity contribution >= 4 is 5.97 Å². The Labute approximate surface area is 60.0 Å². The Hall–Kier alpha value is -0.570. The maximum absolute atomic E-state index is 10.4. The van der Waals surface area contributed by atoms with Crippen LogP contribution >= 0.6 is 0 Å². The highest BCUT2D eigenvalue weighted by molar-refractivity contribution is 5.69. The Morgan fingerprint density at radius 2 is 2.50 bits per heavy atom. The second-order valence-corrected chi connectivity index (χ2v) is 2.75. The Balaban J connectivity index is 2.39. The zero-order valence-corrected chi connectivity index (χ0v) is 6.04. The number of hydrogen-bond donors (Lipinski definition) is 1. The molecule has 1 fully saturated rings. The van der Waals surface area contributed by atoms with Gasteiger partial charge in [-0.15, -0.1) is 0 Å². The molecule has 3 nitrogen and oxygen atoms in total. The molecule has 1 aliphatic rings. The average Bonchev–Trinajstić information content (AvgIpc) is 2.36. The van der Waals surface area contributed by atoms with Gasteiger partial charge >= 0.3 is 5.97 Å². The number of carboxylic acids is 1. The summed E-state index contributed by atoms with van der Waals surface area (Å²) in [6.45, 7) is 3.08. The molecule has 2 atom stereocenters. The van der Waals surface area contributed by atoms with Crippen LogP contribution in [0, 0.1) is 11.8 Å². The molecule has 0 bridgehead atoms. The Morgan fingerprint density at radius 3 is 2.90 bits per heavy atom. The minimum atomic E-state index is -0.712. The smallest absolute Gasteiger partial charge is 0.306 e. The third-order valence-electron chi connectivity index (χ3n) is 2.06. The average molecular weight is 144 g/mol. The maximum Gasteiger partial charge on any atom is 0.306 e. The lowest BCUT2D eigenvalue weighted by molar-refractivity contribution is -0.142. The molecule has 0 saturated carbocycles. The predicted octanol–water partition coefficient (Wildman–Crippen LogP) is 0.744. The number of carbonyl (C=O) groups is 1. The molecule has 10 heavy (non-hydrogen) atoms. The van der Waals surface area contributed by atoms with Gasteiger partial charge in [0.1, 0.15) is 0 Å². The molecule has 0 radical (unpaired) electrons. The van der Waals surface area contributed by atoms with Crippen molar-refractivity contribution in [2.24, 2.45) is 11.8 Å². The Morgan fingerprint density at radius 1 is 1.80 bits per heavy atom. The van der Waals surface area contributed by atoms with Crippen LogP contribution in [0.4, 0.5) is 0 Å². The number of ether oxygens (including phenoxy) is 1. The van der Waals surface area contributed by atoms with Crippen LogP contribution in [-0.4, -0.2) is 24.3 Å². The van der Waals surface area contributed by atoms with Gasteiger partial charge in [-0.25, -0.2) is 0 Å². The van der Waals surface area contributed by atoms with E-state index in [4.69, 9.17) is 9.84 Å². The number of carboxylic acid groups (broad SMARTS) is 1. The van der Waals surface area contributed by atoms with Crippen LogP contribution in [0.15, 0.2) is 0 Å². The van der Waals surface area contributed by atoms with E-state index in [1.807, 2.05) is 0 Å². The fraction of sp³-hybridized carbons (Fsp3) is 0.857. The molecule has 0 spiro atoms. The van der Waals surface area contributed by atoms with Gasteiger partial charge in [0.05, 0.1) is 12.5 Å². The minimum Gasteiger partial charge on any atom is -0.481 e. The first-order valence-electron chi connectivity index (χ1n) is 3.52. The maximum atomic E-state index is 10.4. The molecule has 1 N–H and O–H groups in total. The predicted molar refractivity (Wildman–Crippen MR) is 35.7 cm³/mol. The van der Waals surface area contributed by atoms with E-state index in [2.05, 4.69) is 0 Å². The lowest BCUT2D eigenvalue weighted by Crippen LogP contribution is -2.20. The molecule has 0 amide bonds. The van der Waals surface area contributed by atoms with Gasteiger partial charge < -0.3 is 9.84 Å². The largest absolute Gasteiger partial charge is 0.481 e. The zero-order chi connectivity index (χ0) is 7.56. The fourth-order valence-corrected chi connectivity index (χ4v) is 1.15. The van der Waals surface area contributed by atoms with E-state index in [0.717, 1.165) is 13.0 Å². The van der Waals surface area contributed by atoms with E-state index in [1.165, 1.54) is 0 Å². The van der Waals surface area contributed by atoms with Crippen LogP contribution in [0.3, 0.4) is 0 Å². The topological polar surface area (TPSA) is 46.5 Å². The van der Waals surface area contributed by atoms with Gasteiger partial charge in [0.15, 0.2) is 0 Å². The van der Waals surface area contributed by atoms with Gasteiger partial charge in [-0.2, -0.15) is 0 Å². The molecule has 0 aromatic heterocycles. The van der Waals surface area contributed by atoms with Crippen LogP contribution in [0.1, 0.15) is 13.3 Å². The summed E-state index contributed by atoms with van der Waals surface area (Å²) in [4.78, 5) is 10.4. The highest BCUT2D eigenvalue weighted by Crippen LogP contribution is 2.21. The highest BCUT2D eigenvalue weighted by atomic mass is 16.5. The second kappa shape index (κ2) is 3.01. The summed E-state index contributed by atoms with van der Waals surface area (Å²) in [7, 11) is 0. The standard InChI is InChI=1S/C7H12O3/c1-5(7(8)9)6-2-3-10-4-6/h5-6H,2-4H2,1H3,(H,8,9)/t5-,6?/m1/s1. The third kappa shape index (κ3) is 1.48. The van der Waals surface area contributed by atoms with Gasteiger partial charge in [-0.3, -0.25) is 4.79 Å². The summed E-state index contributed by atoms with van der Waals surface area (Å²) in [5.41, 5.74) is 0. The van der Waals surface area contributed by atoms with Crippen molar-refractivity contribution in [2.45, 2.75) is 13.3 Å². The van der Waals surface area contributed by atoms with Crippen molar-refractivity contribution in [1.29, 1.82) is 0 Å². The van der Waals surface area contributed by atoms with E-state index in [0.29, 0.717) is 6.61 Å². The van der Waals surface area contributed by atoms with Crippen LogP contribution in [0.25, 0.3) is 0 Å². The van der Waals surface area contributed by atoms with E-state index in [-0.39, 0.29) is 11.8 Å². The van der Waals surface area contributed by atoms with Crippen molar-refractivity contribution in [3.05, 3.63) is 0 Å². The molecular weight excluding hydrogens is 132 g/mol. The van der Waals surface area contributed by atoms with Gasteiger partial charge in [-0.05, 0) is 12.3 Å². The molecule has 1 saturated heterocycles. The molecule has 0 aliphatic carbocycles. The lowest BCUT2D eigenvalue weighted by Gasteiger charge is -2.11. The molecule has 1 unspecified atom stereocenters. The van der Waals surface area contributed by atoms with Crippen LogP contribution in [-0.2, 0) is 9.53 Å². The number of rotatable bonds is 2. The van der Waals surface area contributed by atoms with Gasteiger partial charge in [0.2, 0.25) is 0 Å². The van der Waals surface area contributed by atoms with Crippen molar-refractivity contribution in [1.82, 2.24) is 0 Å². The van der Waals surface area contributed by atoms with Crippen LogP contribution in [0.5, 0.6) is 0 Å². The van der Waals surface area contributed by atoms with E-state index in [1.54, 1.807) is 6.92 Å². The summed E-state index contributed by atoms with van der Waals surface area (Å²) in [6, 6.07) is 0. The first-order valence-corrected chi connectivity index (χ1v) is 3.52. The normalized spacial score (nSPS) is 28.3. The molecule has 3 heteroatoms. The molecule has 0 aromatic carbocycles. The van der Waals surface area contributed by atoms with Crippen molar-refractivity contribution in [2.75, 3.05) is 13.2 Å². The van der Waals surface area contributed by atoms with Crippen LogP contribution in [0.2, 0.25) is 0 Å². The fourth-order valence-electron chi connectivity index (χ4n) is 1.15. The lowest BCUT2D eigenvalue weighted by atomic mass is 9.94. The first kappa shape index (κ1) is 7.54. The molecular formula is C7H12O3. The Kier molecular flexibility index (Phi) is 2.27. The monoisotopic (exact) mass is 144 g/mol. The van der Waals surface area contributed by atoms with Gasteiger partial charge in [0.25, 0.3) is 0 Å². The van der Waals surface area contributed by atoms with E-state index in [9.17, 15) is 4.79 Å². The summed E-state index contributed by atoms with van der Waals surface area (Å²) < 4.78 is 5.07. The van der Waals surface area contributed by atoms with E-state index >= 15 is 0 Å². The molecule has 1 rings (SSSR count). The van der Waals surface area contributed by atoms with Crippen molar-refractivity contribution < 1.29 is 14.6 Å². The highest BCUT2D eigenvalue weighted by Gasteiger charge is 2.26. The summed E-state index contributed by atoms with van der Waals surface area (Å²) >= 11 is 0. The van der Waals surface area contributed by atoms with Crippen molar-refractivity contribution in [3.8, 4) is 0 Å². The first-order chi connectivity index (χ1) is 4.72. The third-order valence-corrected chi connectivity index (χ3v) is 2.06. The minimum absolute atomic E-state index is 0.234. The summed E-state index contributed by atoms with van der Waals surface area (Å²) in [5, 5.41) is 8.59. The van der Waals surface area contributed by atoms with Gasteiger partial charge in [-0.1, -0.05) is 6.92 Å². The zero-order valence-electron chi connectivity index (χ0n) is 6.04. The van der Waals surface area contributed by atoms with E-state index < -0.39 is 5.97 Å². The van der Waals surface area contributed by atoms with Gasteiger partial charge in [0, 0.05) is 6.61 Å². The molecule has 58 valence electrons. The molecule has 1 aliphatic heterocycles. The second-order valence-electron chi connectivity index (χ2n) is 2.75. The quantitative estimate of drug-likeness (QED) is 0.621. The molecule has 0 aromatic rings. The summed E-state index contributed by atoms with van der Waals surface area (Å²) in [6.07, 6.45) is 0.896.